The van der Waals surface area contributed by atoms with E-state index >= 15 is 0 Å². The number of fused-ring (bicyclic) bond motifs is 1. The maximum atomic E-state index is 12.4. The Morgan fingerprint density at radius 2 is 1.69 bits per heavy atom. The molecule has 12 heteroatoms. The zero-order valence-corrected chi connectivity index (χ0v) is 21.3. The second-order valence-electron chi connectivity index (χ2n) is 9.19. The van der Waals surface area contributed by atoms with Gasteiger partial charge in [-0.1, -0.05) is 60.7 Å². The Morgan fingerprint density at radius 3 is 2.36 bits per heavy atom. The van der Waals surface area contributed by atoms with Crippen molar-refractivity contribution >= 4 is 11.8 Å². The molecule has 212 valence electrons. The number of ether oxygens (including phenoxy) is 5. The molecule has 0 saturated carbocycles. The van der Waals surface area contributed by atoms with Crippen molar-refractivity contribution < 1.29 is 46.4 Å². The first-order valence-corrected chi connectivity index (χ1v) is 12.6. The van der Waals surface area contributed by atoms with Crippen molar-refractivity contribution in [3.8, 4) is 0 Å². The van der Waals surface area contributed by atoms with Crippen LogP contribution in [0, 0.1) is 0 Å². The third-order valence-electron chi connectivity index (χ3n) is 6.21. The number of benzene rings is 2. The van der Waals surface area contributed by atoms with Crippen LogP contribution in [-0.2, 0) is 39.9 Å². The summed E-state index contributed by atoms with van der Waals surface area (Å²) in [5, 5.41) is 4.63. The van der Waals surface area contributed by atoms with Crippen LogP contribution in [0.25, 0.3) is 0 Å². The number of nitrogens with one attached hydrogen (secondary N) is 2. The standard InChI is InChI=1S/C27H31F3N2O7/c1-17(33)32-21-23(36-15-18-9-4-2-5-10-18)22-20(16-37-24(39-22)19-11-6-3-7-12-19)38-25(21)35-14-8-13-31-26(34)27(28,29)30/h2-7,9-12,20-25H,8,13-16H2,1H3,(H,31,34)(H,32,33)/t20-,21-,22-,23-,24-,25-/m1/s1. The molecular formula is C27H31F3N2O7. The van der Waals surface area contributed by atoms with Crippen molar-refractivity contribution in [1.82, 2.24) is 10.6 Å². The van der Waals surface area contributed by atoms with Crippen LogP contribution in [0.2, 0.25) is 0 Å². The second kappa shape index (κ2) is 13.4. The topological polar surface area (TPSA) is 104 Å². The molecular weight excluding hydrogens is 521 g/mol. The number of amides is 2. The van der Waals surface area contributed by atoms with Crippen molar-refractivity contribution in [2.24, 2.45) is 0 Å². The van der Waals surface area contributed by atoms with E-state index < -0.39 is 49.0 Å². The molecule has 2 fully saturated rings. The molecule has 0 unspecified atom stereocenters. The summed E-state index contributed by atoms with van der Waals surface area (Å²) in [5.41, 5.74) is 1.72. The third-order valence-corrected chi connectivity index (χ3v) is 6.21. The molecule has 2 aliphatic rings. The lowest BCUT2D eigenvalue weighted by Gasteiger charge is -2.49. The van der Waals surface area contributed by atoms with Crippen LogP contribution in [0.3, 0.4) is 0 Å². The van der Waals surface area contributed by atoms with Crippen molar-refractivity contribution in [3.05, 3.63) is 71.8 Å². The Morgan fingerprint density at radius 1 is 1.00 bits per heavy atom. The fraction of sp³-hybridized carbons (Fsp3) is 0.481. The normalized spacial score (nSPS) is 26.9. The average Bonchev–Trinajstić information content (AvgIpc) is 2.92. The summed E-state index contributed by atoms with van der Waals surface area (Å²) < 4.78 is 67.7. The van der Waals surface area contributed by atoms with Crippen LogP contribution in [0.1, 0.15) is 30.8 Å². The molecule has 0 aliphatic carbocycles. The Labute approximate surface area is 223 Å². The average molecular weight is 553 g/mol. The van der Waals surface area contributed by atoms with E-state index in [1.54, 1.807) is 5.32 Å². The molecule has 2 aromatic carbocycles. The quantitative estimate of drug-likeness (QED) is 0.437. The summed E-state index contributed by atoms with van der Waals surface area (Å²) >= 11 is 0. The largest absolute Gasteiger partial charge is 0.471 e. The smallest absolute Gasteiger partial charge is 0.368 e. The lowest BCUT2D eigenvalue weighted by atomic mass is 9.95. The van der Waals surface area contributed by atoms with Gasteiger partial charge in [-0.15, -0.1) is 0 Å². The first-order valence-electron chi connectivity index (χ1n) is 12.6. The molecule has 0 bridgehead atoms. The molecule has 2 aliphatic heterocycles. The summed E-state index contributed by atoms with van der Waals surface area (Å²) in [7, 11) is 0. The molecule has 0 aromatic heterocycles. The number of rotatable bonds is 10. The van der Waals surface area contributed by atoms with Crippen LogP contribution < -0.4 is 10.6 Å². The summed E-state index contributed by atoms with van der Waals surface area (Å²) in [6.07, 6.45) is -8.50. The molecule has 6 atom stereocenters. The van der Waals surface area contributed by atoms with E-state index in [-0.39, 0.29) is 38.7 Å². The van der Waals surface area contributed by atoms with E-state index in [4.69, 9.17) is 23.7 Å². The zero-order valence-electron chi connectivity index (χ0n) is 21.3. The highest BCUT2D eigenvalue weighted by molar-refractivity contribution is 5.81. The third kappa shape index (κ3) is 7.99. The number of hydrogen-bond donors (Lipinski definition) is 2. The maximum absolute atomic E-state index is 12.4. The lowest BCUT2D eigenvalue weighted by molar-refractivity contribution is -0.349. The van der Waals surface area contributed by atoms with Crippen LogP contribution in [0.15, 0.2) is 60.7 Å². The first kappa shape index (κ1) is 29.0. The minimum absolute atomic E-state index is 0.0456. The van der Waals surface area contributed by atoms with Crippen molar-refractivity contribution in [1.29, 1.82) is 0 Å². The summed E-state index contributed by atoms with van der Waals surface area (Å²) in [5.74, 6) is -2.37. The molecule has 0 radical (unpaired) electrons. The van der Waals surface area contributed by atoms with Crippen LogP contribution in [0.5, 0.6) is 0 Å². The zero-order chi connectivity index (χ0) is 27.8. The summed E-state index contributed by atoms with van der Waals surface area (Å²) in [6.45, 7) is 1.43. The maximum Gasteiger partial charge on any atom is 0.471 e. The van der Waals surface area contributed by atoms with Gasteiger partial charge < -0.3 is 34.3 Å². The van der Waals surface area contributed by atoms with Crippen LogP contribution >= 0.6 is 0 Å². The minimum atomic E-state index is -4.96. The van der Waals surface area contributed by atoms with Gasteiger partial charge in [0.15, 0.2) is 12.6 Å². The number of hydrogen-bond acceptors (Lipinski definition) is 7. The van der Waals surface area contributed by atoms with E-state index in [0.29, 0.717) is 0 Å². The van der Waals surface area contributed by atoms with Crippen molar-refractivity contribution in [2.45, 2.75) is 63.1 Å². The molecule has 2 amide bonds. The molecule has 9 nitrogen and oxygen atoms in total. The summed E-state index contributed by atoms with van der Waals surface area (Å²) in [4.78, 5) is 23.2. The molecule has 4 rings (SSSR count). The Hall–Kier alpha value is -3.03. The van der Waals surface area contributed by atoms with E-state index in [2.05, 4.69) is 5.32 Å². The first-order chi connectivity index (χ1) is 18.7. The fourth-order valence-corrected chi connectivity index (χ4v) is 4.42. The van der Waals surface area contributed by atoms with Gasteiger partial charge in [-0.3, -0.25) is 9.59 Å². The second-order valence-corrected chi connectivity index (χ2v) is 9.19. The van der Waals surface area contributed by atoms with Gasteiger partial charge in [0.2, 0.25) is 5.91 Å². The van der Waals surface area contributed by atoms with Crippen LogP contribution in [-0.4, -0.2) is 68.4 Å². The van der Waals surface area contributed by atoms with Gasteiger partial charge in [0, 0.05) is 19.0 Å². The lowest BCUT2D eigenvalue weighted by Crippen LogP contribution is -2.67. The highest BCUT2D eigenvalue weighted by Gasteiger charge is 2.51. The van der Waals surface area contributed by atoms with E-state index in [1.807, 2.05) is 60.7 Å². The van der Waals surface area contributed by atoms with Crippen molar-refractivity contribution in [2.75, 3.05) is 19.8 Å². The number of halogens is 3. The Bertz CT molecular complexity index is 1070. The molecule has 0 spiro atoms. The van der Waals surface area contributed by atoms with Gasteiger partial charge in [-0.2, -0.15) is 13.2 Å². The Kier molecular flexibility index (Phi) is 9.92. The molecule has 2 aromatic rings. The highest BCUT2D eigenvalue weighted by atomic mass is 19.4. The van der Waals surface area contributed by atoms with Gasteiger partial charge in [0.25, 0.3) is 0 Å². The van der Waals surface area contributed by atoms with Crippen molar-refractivity contribution in [3.63, 3.8) is 0 Å². The molecule has 39 heavy (non-hydrogen) atoms. The molecule has 2 heterocycles. The SMILES string of the molecule is CC(=O)N[C@H]1[C@H](OCCCNC(=O)C(F)(F)F)O[C@@H]2CO[C@@H](c3ccccc3)O[C@H]2[C@@H]1OCc1ccccc1. The highest BCUT2D eigenvalue weighted by Crippen LogP contribution is 2.36. The van der Waals surface area contributed by atoms with Gasteiger partial charge >= 0.3 is 12.1 Å². The van der Waals surface area contributed by atoms with Gasteiger partial charge in [0.05, 0.1) is 19.8 Å². The van der Waals surface area contributed by atoms with E-state index in [9.17, 15) is 22.8 Å². The van der Waals surface area contributed by atoms with Crippen LogP contribution in [0.4, 0.5) is 13.2 Å². The predicted octanol–water partition coefficient (Wildman–Crippen LogP) is 3.00. The minimum Gasteiger partial charge on any atom is -0.368 e. The number of alkyl halides is 3. The predicted molar refractivity (Wildman–Crippen MR) is 131 cm³/mol. The summed E-state index contributed by atoms with van der Waals surface area (Å²) in [6, 6.07) is 18.1. The van der Waals surface area contributed by atoms with E-state index in [0.717, 1.165) is 11.1 Å². The molecule has 2 N–H and O–H groups in total. The van der Waals surface area contributed by atoms with Gasteiger partial charge in [0.1, 0.15) is 24.4 Å². The van der Waals surface area contributed by atoms with Gasteiger partial charge in [-0.25, -0.2) is 0 Å². The molecule has 2 saturated heterocycles. The Balaban J connectivity index is 1.48. The number of carbonyl (C=O) groups excluding carboxylic acids is 2. The monoisotopic (exact) mass is 552 g/mol. The fourth-order valence-electron chi connectivity index (χ4n) is 4.42. The van der Waals surface area contributed by atoms with Gasteiger partial charge in [-0.05, 0) is 12.0 Å². The van der Waals surface area contributed by atoms with E-state index in [1.165, 1.54) is 6.92 Å². The number of carbonyl (C=O) groups is 2.